The van der Waals surface area contributed by atoms with Crippen molar-refractivity contribution in [2.75, 3.05) is 12.9 Å². The van der Waals surface area contributed by atoms with Crippen molar-refractivity contribution in [2.24, 2.45) is 0 Å². The molecule has 0 unspecified atom stereocenters. The van der Waals surface area contributed by atoms with Crippen molar-refractivity contribution >= 4 is 17.7 Å². The fourth-order valence-electron chi connectivity index (χ4n) is 2.28. The number of rotatable bonds is 7. The molecule has 2 aromatic carbocycles. The third-order valence-electron chi connectivity index (χ3n) is 3.65. The maximum Gasteiger partial charge on any atom is 0.230 e. The van der Waals surface area contributed by atoms with Crippen molar-refractivity contribution in [3.8, 4) is 5.75 Å². The maximum atomic E-state index is 12.2. The summed E-state index contributed by atoms with van der Waals surface area (Å²) in [5, 5.41) is 3.11. The second kappa shape index (κ2) is 8.63. The number of carbonyl (C=O) groups is 1. The molecule has 0 heterocycles. The molecule has 0 saturated carbocycles. The van der Waals surface area contributed by atoms with E-state index in [0.717, 1.165) is 22.6 Å². The molecule has 1 atom stereocenters. The average molecular weight is 329 g/mol. The van der Waals surface area contributed by atoms with E-state index in [9.17, 15) is 4.79 Å². The molecule has 0 bridgehead atoms. The van der Waals surface area contributed by atoms with Crippen LogP contribution in [0.15, 0.2) is 53.4 Å². The number of benzene rings is 2. The summed E-state index contributed by atoms with van der Waals surface area (Å²) < 4.78 is 5.13. The number of carbonyl (C=O) groups excluding carboxylic acids is 1. The number of ether oxygens (including phenoxy) is 1. The van der Waals surface area contributed by atoms with Gasteiger partial charge in [0, 0.05) is 4.90 Å². The van der Waals surface area contributed by atoms with E-state index in [1.807, 2.05) is 24.3 Å². The monoisotopic (exact) mass is 329 g/mol. The predicted molar refractivity (Wildman–Crippen MR) is 96.1 cm³/mol. The first-order valence-corrected chi connectivity index (χ1v) is 8.73. The standard InChI is InChI=1S/C19H23NO2S/c1-4-18(15-7-5-14(2)6-8-15)20-19(21)13-23-17-11-9-16(22-3)10-12-17/h5-12,18H,4,13H2,1-3H3,(H,20,21)/t18-/m0/s1. The molecule has 0 saturated heterocycles. The SMILES string of the molecule is CC[C@H](NC(=O)CSc1ccc(OC)cc1)c1ccc(C)cc1. The Morgan fingerprint density at radius 3 is 2.35 bits per heavy atom. The van der Waals surface area contributed by atoms with Gasteiger partial charge in [0.15, 0.2) is 0 Å². The third-order valence-corrected chi connectivity index (χ3v) is 4.66. The first-order valence-electron chi connectivity index (χ1n) is 7.75. The zero-order valence-corrected chi connectivity index (χ0v) is 14.7. The van der Waals surface area contributed by atoms with Gasteiger partial charge >= 0.3 is 0 Å². The summed E-state index contributed by atoms with van der Waals surface area (Å²) in [6, 6.07) is 16.1. The maximum absolute atomic E-state index is 12.2. The van der Waals surface area contributed by atoms with Crippen molar-refractivity contribution in [2.45, 2.75) is 31.2 Å². The summed E-state index contributed by atoms with van der Waals surface area (Å²) in [5.74, 6) is 1.29. The molecule has 0 aromatic heterocycles. The molecule has 0 radical (unpaired) electrons. The van der Waals surface area contributed by atoms with Gasteiger partial charge in [-0.15, -0.1) is 11.8 Å². The lowest BCUT2D eigenvalue weighted by Gasteiger charge is -2.17. The third kappa shape index (κ3) is 5.32. The Kier molecular flexibility index (Phi) is 6.53. The minimum Gasteiger partial charge on any atom is -0.497 e. The summed E-state index contributed by atoms with van der Waals surface area (Å²) >= 11 is 1.53. The Bertz CT molecular complexity index is 623. The van der Waals surface area contributed by atoms with E-state index in [4.69, 9.17) is 4.74 Å². The van der Waals surface area contributed by atoms with Crippen molar-refractivity contribution in [3.05, 3.63) is 59.7 Å². The van der Waals surface area contributed by atoms with Crippen LogP contribution in [0.3, 0.4) is 0 Å². The summed E-state index contributed by atoms with van der Waals surface area (Å²) in [6.07, 6.45) is 0.877. The van der Waals surface area contributed by atoms with E-state index in [1.54, 1.807) is 7.11 Å². The van der Waals surface area contributed by atoms with Gasteiger partial charge in [-0.2, -0.15) is 0 Å². The van der Waals surface area contributed by atoms with Gasteiger partial charge in [0.1, 0.15) is 5.75 Å². The van der Waals surface area contributed by atoms with Gasteiger partial charge in [0.2, 0.25) is 5.91 Å². The molecule has 0 aliphatic heterocycles. The second-order valence-electron chi connectivity index (χ2n) is 5.40. The molecule has 1 N–H and O–H groups in total. The summed E-state index contributed by atoms with van der Waals surface area (Å²) in [6.45, 7) is 4.15. The molecule has 3 nitrogen and oxygen atoms in total. The first kappa shape index (κ1) is 17.4. The highest BCUT2D eigenvalue weighted by Crippen LogP contribution is 2.22. The van der Waals surface area contributed by atoms with Gasteiger partial charge < -0.3 is 10.1 Å². The molecule has 122 valence electrons. The second-order valence-corrected chi connectivity index (χ2v) is 6.45. The Balaban J connectivity index is 1.88. The van der Waals surface area contributed by atoms with Crippen LogP contribution in [0.4, 0.5) is 0 Å². The number of nitrogens with one attached hydrogen (secondary N) is 1. The molecule has 2 rings (SSSR count). The Morgan fingerprint density at radius 1 is 1.13 bits per heavy atom. The van der Waals surface area contributed by atoms with Crippen LogP contribution in [0, 0.1) is 6.92 Å². The lowest BCUT2D eigenvalue weighted by Crippen LogP contribution is -2.29. The van der Waals surface area contributed by atoms with Gasteiger partial charge in [-0.25, -0.2) is 0 Å². The quantitative estimate of drug-likeness (QED) is 0.767. The topological polar surface area (TPSA) is 38.3 Å². The fraction of sp³-hybridized carbons (Fsp3) is 0.316. The fourth-order valence-corrected chi connectivity index (χ4v) is 2.99. The normalized spacial score (nSPS) is 11.8. The van der Waals surface area contributed by atoms with Crippen LogP contribution < -0.4 is 10.1 Å². The Morgan fingerprint density at radius 2 is 1.78 bits per heavy atom. The van der Waals surface area contributed by atoms with E-state index >= 15 is 0 Å². The number of thioether (sulfide) groups is 1. The van der Waals surface area contributed by atoms with Gasteiger partial charge in [-0.3, -0.25) is 4.79 Å². The largest absolute Gasteiger partial charge is 0.497 e. The summed E-state index contributed by atoms with van der Waals surface area (Å²) in [5.41, 5.74) is 2.38. The Labute approximate surface area is 142 Å². The highest BCUT2D eigenvalue weighted by Gasteiger charge is 2.12. The van der Waals surface area contributed by atoms with E-state index < -0.39 is 0 Å². The minimum absolute atomic E-state index is 0.0539. The lowest BCUT2D eigenvalue weighted by atomic mass is 10.0. The van der Waals surface area contributed by atoms with Gasteiger partial charge in [-0.1, -0.05) is 36.8 Å². The van der Waals surface area contributed by atoms with Crippen molar-refractivity contribution in [3.63, 3.8) is 0 Å². The highest BCUT2D eigenvalue weighted by atomic mass is 32.2. The molecule has 1 amide bonds. The van der Waals surface area contributed by atoms with Crippen LogP contribution in [0.1, 0.15) is 30.5 Å². The van der Waals surface area contributed by atoms with E-state index in [0.29, 0.717) is 5.75 Å². The highest BCUT2D eigenvalue weighted by molar-refractivity contribution is 8.00. The molecule has 0 spiro atoms. The molecule has 2 aromatic rings. The van der Waals surface area contributed by atoms with Gasteiger partial charge in [-0.05, 0) is 43.2 Å². The molecular formula is C19H23NO2S. The zero-order chi connectivity index (χ0) is 16.7. The molecule has 0 aliphatic rings. The van der Waals surface area contributed by atoms with Crippen molar-refractivity contribution in [1.29, 1.82) is 0 Å². The van der Waals surface area contributed by atoms with E-state index in [1.165, 1.54) is 17.3 Å². The molecule has 0 aliphatic carbocycles. The van der Waals surface area contributed by atoms with Crippen LogP contribution in [0.25, 0.3) is 0 Å². The first-order chi connectivity index (χ1) is 11.1. The molecular weight excluding hydrogens is 306 g/mol. The predicted octanol–water partition coefficient (Wildman–Crippen LogP) is 4.36. The van der Waals surface area contributed by atoms with Crippen molar-refractivity contribution < 1.29 is 9.53 Å². The van der Waals surface area contributed by atoms with Crippen LogP contribution in [0.5, 0.6) is 5.75 Å². The number of hydrogen-bond donors (Lipinski definition) is 1. The van der Waals surface area contributed by atoms with Crippen LogP contribution in [-0.4, -0.2) is 18.8 Å². The number of methoxy groups -OCH3 is 1. The van der Waals surface area contributed by atoms with Gasteiger partial charge in [0.25, 0.3) is 0 Å². The van der Waals surface area contributed by atoms with E-state index in [2.05, 4.69) is 43.4 Å². The molecule has 4 heteroatoms. The Hall–Kier alpha value is -1.94. The zero-order valence-electron chi connectivity index (χ0n) is 13.8. The summed E-state index contributed by atoms with van der Waals surface area (Å²) in [7, 11) is 1.64. The smallest absolute Gasteiger partial charge is 0.230 e. The summed E-state index contributed by atoms with van der Waals surface area (Å²) in [4.78, 5) is 13.3. The van der Waals surface area contributed by atoms with Crippen LogP contribution >= 0.6 is 11.8 Å². The molecule has 23 heavy (non-hydrogen) atoms. The number of amides is 1. The van der Waals surface area contributed by atoms with Gasteiger partial charge in [0.05, 0.1) is 18.9 Å². The van der Waals surface area contributed by atoms with Crippen molar-refractivity contribution in [1.82, 2.24) is 5.32 Å². The van der Waals surface area contributed by atoms with Crippen LogP contribution in [-0.2, 0) is 4.79 Å². The average Bonchev–Trinajstić information content (AvgIpc) is 2.59. The molecule has 0 fully saturated rings. The van der Waals surface area contributed by atoms with E-state index in [-0.39, 0.29) is 11.9 Å². The van der Waals surface area contributed by atoms with Crippen LogP contribution in [0.2, 0.25) is 0 Å². The lowest BCUT2D eigenvalue weighted by molar-refractivity contribution is -0.119. The minimum atomic E-state index is 0.0539. The number of aryl methyl sites for hydroxylation is 1. The number of hydrogen-bond acceptors (Lipinski definition) is 3.